The van der Waals surface area contributed by atoms with Crippen LogP contribution in [0, 0.1) is 5.41 Å². The van der Waals surface area contributed by atoms with Gasteiger partial charge >= 0.3 is 0 Å². The third-order valence-corrected chi connectivity index (χ3v) is 3.75. The fourth-order valence-electron chi connectivity index (χ4n) is 2.65. The minimum atomic E-state index is 0.341. The quantitative estimate of drug-likeness (QED) is 0.299. The Morgan fingerprint density at radius 1 is 1.41 bits per heavy atom. The maximum Gasteiger partial charge on any atom is 0.142 e. The van der Waals surface area contributed by atoms with Crippen LogP contribution in [0.2, 0.25) is 0 Å². The van der Waals surface area contributed by atoms with Crippen LogP contribution in [-0.2, 0) is 4.79 Å². The standard InChI is InChI=1S/C16H24O/c1-13(7-6-12-17)9-10-15-14(2)8-5-11-16(15,3)4/h6-7,9,12H,5,8,10-11H2,1-4H3/b7-6+,13-9?. The van der Waals surface area contributed by atoms with Gasteiger partial charge in [0.05, 0.1) is 0 Å². The van der Waals surface area contributed by atoms with Crippen molar-refractivity contribution in [2.45, 2.75) is 53.4 Å². The van der Waals surface area contributed by atoms with E-state index < -0.39 is 0 Å². The Hall–Kier alpha value is -1.11. The molecule has 1 aliphatic carbocycles. The molecular formula is C16H24O. The topological polar surface area (TPSA) is 17.1 Å². The monoisotopic (exact) mass is 232 g/mol. The molecule has 1 rings (SSSR count). The Labute approximate surface area is 105 Å². The number of carbonyl (C=O) groups excluding carboxylic acids is 1. The molecule has 0 aliphatic heterocycles. The van der Waals surface area contributed by atoms with Crippen molar-refractivity contribution in [3.05, 3.63) is 34.9 Å². The largest absolute Gasteiger partial charge is 0.299 e. The van der Waals surface area contributed by atoms with E-state index in [0.717, 1.165) is 12.7 Å². The zero-order valence-corrected chi connectivity index (χ0v) is 11.5. The highest BCUT2D eigenvalue weighted by molar-refractivity contribution is 5.65. The molecule has 0 heterocycles. The first-order valence-electron chi connectivity index (χ1n) is 6.45. The minimum absolute atomic E-state index is 0.341. The molecule has 0 atom stereocenters. The summed E-state index contributed by atoms with van der Waals surface area (Å²) in [4.78, 5) is 10.2. The van der Waals surface area contributed by atoms with Gasteiger partial charge < -0.3 is 0 Å². The van der Waals surface area contributed by atoms with Crippen LogP contribution in [0.15, 0.2) is 34.9 Å². The van der Waals surface area contributed by atoms with Crippen molar-refractivity contribution >= 4 is 6.29 Å². The Balaban J connectivity index is 2.79. The summed E-state index contributed by atoms with van der Waals surface area (Å²) in [6, 6.07) is 0. The second-order valence-electron chi connectivity index (χ2n) is 5.64. The molecule has 0 amide bonds. The molecule has 0 spiro atoms. The number of carbonyl (C=O) groups is 1. The van der Waals surface area contributed by atoms with Gasteiger partial charge in [-0.15, -0.1) is 0 Å². The SMILES string of the molecule is CC(=CCC1=C(C)CCCC1(C)C)/C=C/C=O. The van der Waals surface area contributed by atoms with Gasteiger partial charge in [0.15, 0.2) is 0 Å². The molecule has 0 aromatic rings. The van der Waals surface area contributed by atoms with Crippen LogP contribution in [0.25, 0.3) is 0 Å². The number of hydrogen-bond acceptors (Lipinski definition) is 1. The van der Waals surface area contributed by atoms with E-state index in [1.54, 1.807) is 17.2 Å². The van der Waals surface area contributed by atoms with E-state index in [9.17, 15) is 4.79 Å². The first-order valence-corrected chi connectivity index (χ1v) is 6.45. The van der Waals surface area contributed by atoms with Crippen LogP contribution < -0.4 is 0 Å². The van der Waals surface area contributed by atoms with Crippen molar-refractivity contribution in [2.75, 3.05) is 0 Å². The summed E-state index contributed by atoms with van der Waals surface area (Å²) >= 11 is 0. The summed E-state index contributed by atoms with van der Waals surface area (Å²) in [6.45, 7) is 9.00. The zero-order valence-electron chi connectivity index (χ0n) is 11.5. The predicted molar refractivity (Wildman–Crippen MR) is 73.9 cm³/mol. The summed E-state index contributed by atoms with van der Waals surface area (Å²) in [5.41, 5.74) is 4.65. The highest BCUT2D eigenvalue weighted by Gasteiger charge is 2.27. The van der Waals surface area contributed by atoms with Gasteiger partial charge in [-0.25, -0.2) is 0 Å². The Kier molecular flexibility index (Phi) is 4.92. The van der Waals surface area contributed by atoms with Crippen LogP contribution in [0.5, 0.6) is 0 Å². The van der Waals surface area contributed by atoms with Crippen LogP contribution in [0.4, 0.5) is 0 Å². The van der Waals surface area contributed by atoms with E-state index in [4.69, 9.17) is 0 Å². The molecule has 1 heteroatoms. The Bertz CT molecular complexity index is 367. The lowest BCUT2D eigenvalue weighted by Gasteiger charge is -2.34. The Morgan fingerprint density at radius 3 is 2.71 bits per heavy atom. The van der Waals surface area contributed by atoms with Gasteiger partial charge in [-0.3, -0.25) is 4.79 Å². The molecule has 1 aliphatic rings. The molecule has 1 nitrogen and oxygen atoms in total. The van der Waals surface area contributed by atoms with E-state index in [1.807, 2.05) is 13.0 Å². The van der Waals surface area contributed by atoms with Gasteiger partial charge in [0, 0.05) is 0 Å². The molecule has 0 N–H and O–H groups in total. The fraction of sp³-hybridized carbons (Fsp3) is 0.562. The van der Waals surface area contributed by atoms with E-state index >= 15 is 0 Å². The third kappa shape index (κ3) is 3.99. The van der Waals surface area contributed by atoms with E-state index in [0.29, 0.717) is 5.41 Å². The second kappa shape index (κ2) is 6.00. The maximum atomic E-state index is 10.2. The van der Waals surface area contributed by atoms with Crippen LogP contribution in [-0.4, -0.2) is 6.29 Å². The summed E-state index contributed by atoms with van der Waals surface area (Å²) in [7, 11) is 0. The molecule has 0 bridgehead atoms. The summed E-state index contributed by atoms with van der Waals surface area (Å²) < 4.78 is 0. The normalized spacial score (nSPS) is 21.1. The van der Waals surface area contributed by atoms with Crippen molar-refractivity contribution in [1.29, 1.82) is 0 Å². The summed E-state index contributed by atoms with van der Waals surface area (Å²) in [6.07, 6.45) is 11.4. The number of aldehydes is 1. The van der Waals surface area contributed by atoms with E-state index in [-0.39, 0.29) is 0 Å². The predicted octanol–water partition coefficient (Wildman–Crippen LogP) is 4.60. The highest BCUT2D eigenvalue weighted by Crippen LogP contribution is 2.41. The van der Waals surface area contributed by atoms with Gasteiger partial charge in [0.25, 0.3) is 0 Å². The first kappa shape index (κ1) is 14.0. The summed E-state index contributed by atoms with van der Waals surface area (Å²) in [5, 5.41) is 0. The first-order chi connectivity index (χ1) is 7.97. The lowest BCUT2D eigenvalue weighted by Crippen LogP contribution is -2.20. The van der Waals surface area contributed by atoms with Crippen LogP contribution in [0.3, 0.4) is 0 Å². The lowest BCUT2D eigenvalue weighted by atomic mass is 9.71. The van der Waals surface area contributed by atoms with Gasteiger partial charge in [0.2, 0.25) is 0 Å². The molecular weight excluding hydrogens is 208 g/mol. The molecule has 94 valence electrons. The highest BCUT2D eigenvalue weighted by atomic mass is 16.1. The maximum absolute atomic E-state index is 10.2. The van der Waals surface area contributed by atoms with Crippen molar-refractivity contribution in [2.24, 2.45) is 5.41 Å². The fourth-order valence-corrected chi connectivity index (χ4v) is 2.65. The summed E-state index contributed by atoms with van der Waals surface area (Å²) in [5.74, 6) is 0. The average molecular weight is 232 g/mol. The molecule has 17 heavy (non-hydrogen) atoms. The van der Waals surface area contributed by atoms with Crippen LogP contribution in [0.1, 0.15) is 53.4 Å². The van der Waals surface area contributed by atoms with Gasteiger partial charge in [0.1, 0.15) is 6.29 Å². The van der Waals surface area contributed by atoms with Gasteiger partial charge in [-0.05, 0) is 51.0 Å². The second-order valence-corrected chi connectivity index (χ2v) is 5.64. The average Bonchev–Trinajstić information content (AvgIpc) is 2.24. The van der Waals surface area contributed by atoms with Gasteiger partial charge in [-0.1, -0.05) is 42.7 Å². The van der Waals surface area contributed by atoms with Crippen molar-refractivity contribution in [1.82, 2.24) is 0 Å². The number of hydrogen-bond donors (Lipinski definition) is 0. The molecule has 0 saturated heterocycles. The van der Waals surface area contributed by atoms with Crippen molar-refractivity contribution in [3.63, 3.8) is 0 Å². The molecule has 0 radical (unpaired) electrons. The zero-order chi connectivity index (χ0) is 12.9. The lowest BCUT2D eigenvalue weighted by molar-refractivity contribution is -0.104. The smallest absolute Gasteiger partial charge is 0.142 e. The molecule has 0 aromatic carbocycles. The van der Waals surface area contributed by atoms with E-state index in [2.05, 4.69) is 26.8 Å². The number of rotatable bonds is 4. The van der Waals surface area contributed by atoms with Crippen molar-refractivity contribution < 1.29 is 4.79 Å². The molecule has 0 aromatic heterocycles. The van der Waals surface area contributed by atoms with Gasteiger partial charge in [-0.2, -0.15) is 0 Å². The minimum Gasteiger partial charge on any atom is -0.299 e. The third-order valence-electron chi connectivity index (χ3n) is 3.75. The molecule has 0 unspecified atom stereocenters. The Morgan fingerprint density at radius 2 is 2.12 bits per heavy atom. The number of allylic oxidation sites excluding steroid dienone is 6. The molecule has 0 saturated carbocycles. The van der Waals surface area contributed by atoms with E-state index in [1.165, 1.54) is 24.8 Å². The van der Waals surface area contributed by atoms with Crippen molar-refractivity contribution in [3.8, 4) is 0 Å². The molecule has 0 fully saturated rings. The van der Waals surface area contributed by atoms with Crippen LogP contribution >= 0.6 is 0 Å².